The van der Waals surface area contributed by atoms with Crippen LogP contribution in [0.2, 0.25) is 0 Å². The highest BCUT2D eigenvalue weighted by molar-refractivity contribution is 7.45. The Kier molecular flexibility index (Phi) is 49.2. The maximum Gasteiger partial charge on any atom is 0.306 e. The number of hydrogen-bond donors (Lipinski definition) is 0. The van der Waals surface area contributed by atoms with Gasteiger partial charge in [-0.3, -0.25) is 9.36 Å². The summed E-state index contributed by atoms with van der Waals surface area (Å²) in [6, 6.07) is 0. The van der Waals surface area contributed by atoms with E-state index < -0.39 is 13.9 Å². The van der Waals surface area contributed by atoms with Gasteiger partial charge in [-0.1, -0.05) is 242 Å². The van der Waals surface area contributed by atoms with Crippen LogP contribution in [0.3, 0.4) is 0 Å². The summed E-state index contributed by atoms with van der Waals surface area (Å²) >= 11 is 0. The van der Waals surface area contributed by atoms with E-state index in [1.807, 2.05) is 21.1 Å². The van der Waals surface area contributed by atoms with E-state index >= 15 is 0 Å². The van der Waals surface area contributed by atoms with Gasteiger partial charge in [-0.05, 0) is 57.8 Å². The molecule has 0 saturated heterocycles. The number of rotatable bonds is 52. The molecule has 0 aliphatic heterocycles. The minimum Gasteiger partial charge on any atom is -0.756 e. The number of carbonyl (C=O) groups excluding carboxylic acids is 1. The molecule has 0 aromatic rings. The Balaban J connectivity index is 4.10. The first-order valence-electron chi connectivity index (χ1n) is 28.0. The molecule has 0 radical (unpaired) electrons. The van der Waals surface area contributed by atoms with Crippen LogP contribution in [0.25, 0.3) is 0 Å². The highest BCUT2D eigenvalue weighted by Gasteiger charge is 2.20. The lowest BCUT2D eigenvalue weighted by atomic mass is 10.0. The van der Waals surface area contributed by atoms with Gasteiger partial charge in [0.2, 0.25) is 0 Å². The molecule has 0 spiro atoms. The number of likely N-dealkylation sites (N-methyl/N-ethyl adjacent to an activating group) is 1. The molecular formula is C58H108NO7P. The van der Waals surface area contributed by atoms with Crippen molar-refractivity contribution in [3.05, 3.63) is 60.8 Å². The highest BCUT2D eigenvalue weighted by Crippen LogP contribution is 2.38. The SMILES string of the molecule is CC/C=C\C/C=C\C/C=C\C/C=C\C/C=C\CCCCCCCCCCCC(=O)OC(COCCCCCCCCCCCCCCCCCCCCCC)COP(=O)([O-])OCC[N+](C)(C)C. The van der Waals surface area contributed by atoms with E-state index in [2.05, 4.69) is 74.6 Å². The topological polar surface area (TPSA) is 94.1 Å². The molecule has 9 heteroatoms. The van der Waals surface area contributed by atoms with Crippen LogP contribution in [0, 0.1) is 0 Å². The van der Waals surface area contributed by atoms with Crippen molar-refractivity contribution < 1.29 is 37.3 Å². The van der Waals surface area contributed by atoms with E-state index in [4.69, 9.17) is 18.5 Å². The van der Waals surface area contributed by atoms with Crippen molar-refractivity contribution in [2.24, 2.45) is 0 Å². The van der Waals surface area contributed by atoms with Crippen molar-refractivity contribution in [2.45, 2.75) is 251 Å². The number of allylic oxidation sites excluding steroid dienone is 10. The Morgan fingerprint density at radius 2 is 0.866 bits per heavy atom. The summed E-state index contributed by atoms with van der Waals surface area (Å²) < 4.78 is 34.8. The van der Waals surface area contributed by atoms with E-state index in [0.717, 1.165) is 70.6 Å². The van der Waals surface area contributed by atoms with Crippen LogP contribution in [0.5, 0.6) is 0 Å². The summed E-state index contributed by atoms with van der Waals surface area (Å²) in [6.07, 6.45) is 65.4. The van der Waals surface area contributed by atoms with E-state index in [-0.39, 0.29) is 25.8 Å². The molecule has 2 unspecified atom stereocenters. The Bertz CT molecular complexity index is 1260. The summed E-state index contributed by atoms with van der Waals surface area (Å²) in [6.45, 7) is 5.33. The molecule has 0 aromatic heterocycles. The van der Waals surface area contributed by atoms with Crippen molar-refractivity contribution in [2.75, 3.05) is 54.1 Å². The maximum absolute atomic E-state index is 12.8. The first kappa shape index (κ1) is 65.2. The van der Waals surface area contributed by atoms with Crippen LogP contribution in [0.4, 0.5) is 0 Å². The number of esters is 1. The molecule has 0 N–H and O–H groups in total. The van der Waals surface area contributed by atoms with Gasteiger partial charge in [-0.15, -0.1) is 0 Å². The summed E-state index contributed by atoms with van der Waals surface area (Å²) in [5, 5.41) is 0. The van der Waals surface area contributed by atoms with Gasteiger partial charge in [0.05, 0.1) is 34.4 Å². The van der Waals surface area contributed by atoms with E-state index in [9.17, 15) is 14.3 Å². The average molecular weight is 962 g/mol. The Morgan fingerprint density at radius 1 is 0.478 bits per heavy atom. The number of carbonyl (C=O) groups is 1. The van der Waals surface area contributed by atoms with E-state index in [0.29, 0.717) is 24.1 Å². The molecule has 0 saturated carbocycles. The first-order chi connectivity index (χ1) is 32.6. The number of hydrogen-bond acceptors (Lipinski definition) is 7. The molecule has 0 aliphatic rings. The number of unbranched alkanes of at least 4 members (excludes halogenated alkanes) is 28. The van der Waals surface area contributed by atoms with E-state index in [1.54, 1.807) is 0 Å². The molecule has 392 valence electrons. The Morgan fingerprint density at radius 3 is 1.30 bits per heavy atom. The first-order valence-corrected chi connectivity index (χ1v) is 29.5. The number of quaternary nitrogens is 1. The zero-order valence-electron chi connectivity index (χ0n) is 44.6. The minimum absolute atomic E-state index is 0.0243. The van der Waals surface area contributed by atoms with Crippen LogP contribution >= 0.6 is 7.82 Å². The molecule has 0 fully saturated rings. The van der Waals surface area contributed by atoms with Gasteiger partial charge < -0.3 is 27.9 Å². The zero-order chi connectivity index (χ0) is 49.0. The zero-order valence-corrected chi connectivity index (χ0v) is 45.5. The summed E-state index contributed by atoms with van der Waals surface area (Å²) in [4.78, 5) is 25.2. The van der Waals surface area contributed by atoms with Crippen LogP contribution in [-0.2, 0) is 27.9 Å². The van der Waals surface area contributed by atoms with Crippen LogP contribution < -0.4 is 4.89 Å². The lowest BCUT2D eigenvalue weighted by molar-refractivity contribution is -0.870. The molecule has 67 heavy (non-hydrogen) atoms. The molecule has 2 atom stereocenters. The highest BCUT2D eigenvalue weighted by atomic mass is 31.2. The van der Waals surface area contributed by atoms with Crippen molar-refractivity contribution in [3.8, 4) is 0 Å². The molecular weight excluding hydrogens is 854 g/mol. The number of phosphoric ester groups is 1. The van der Waals surface area contributed by atoms with Gasteiger partial charge in [0, 0.05) is 13.0 Å². The van der Waals surface area contributed by atoms with Crippen molar-refractivity contribution in [1.82, 2.24) is 0 Å². The molecule has 0 aliphatic carbocycles. The van der Waals surface area contributed by atoms with Crippen LogP contribution in [0.1, 0.15) is 245 Å². The van der Waals surface area contributed by atoms with Gasteiger partial charge in [0.15, 0.2) is 0 Å². The number of nitrogens with zero attached hydrogens (tertiary/aromatic N) is 1. The van der Waals surface area contributed by atoms with Crippen molar-refractivity contribution in [3.63, 3.8) is 0 Å². The second kappa shape index (κ2) is 50.6. The van der Waals surface area contributed by atoms with Gasteiger partial charge in [-0.2, -0.15) is 0 Å². The largest absolute Gasteiger partial charge is 0.756 e. The fourth-order valence-electron chi connectivity index (χ4n) is 7.81. The predicted octanol–water partition coefficient (Wildman–Crippen LogP) is 17.0. The maximum atomic E-state index is 12.8. The number of ether oxygens (including phenoxy) is 2. The summed E-state index contributed by atoms with van der Waals surface area (Å²) in [5.74, 6) is -0.338. The summed E-state index contributed by atoms with van der Waals surface area (Å²) in [7, 11) is 1.36. The third-order valence-electron chi connectivity index (χ3n) is 12.1. The Labute approximate surface area is 415 Å². The summed E-state index contributed by atoms with van der Waals surface area (Å²) in [5.41, 5.74) is 0. The van der Waals surface area contributed by atoms with Gasteiger partial charge in [0.25, 0.3) is 7.82 Å². The standard InChI is InChI=1S/C58H108NO7P/c1-6-8-10-12-14-16-18-20-22-24-26-28-29-30-31-32-33-35-37-39-41-43-45-47-49-51-58(60)66-57(56-65-67(61,62)64-54-52-59(3,4)5)55-63-53-50-48-46-44-42-40-38-36-34-27-25-23-21-19-17-15-13-11-9-7-2/h8,10,14,16,20,22,26,28,30-31,57H,6-7,9,11-13,15,17-19,21,23-25,27,29,32-56H2,1-5H3/b10-8-,16-14-,22-20-,28-26-,31-30-. The van der Waals surface area contributed by atoms with Crippen molar-refractivity contribution >= 4 is 13.8 Å². The second-order valence-electron chi connectivity index (χ2n) is 19.9. The number of phosphoric acid groups is 1. The third kappa shape index (κ3) is 55.0. The molecule has 0 aromatic carbocycles. The fraction of sp³-hybridized carbons (Fsp3) is 0.810. The fourth-order valence-corrected chi connectivity index (χ4v) is 8.54. The second-order valence-corrected chi connectivity index (χ2v) is 21.3. The minimum atomic E-state index is -4.54. The lowest BCUT2D eigenvalue weighted by Gasteiger charge is -2.28. The van der Waals surface area contributed by atoms with Gasteiger partial charge in [-0.25, -0.2) is 0 Å². The smallest absolute Gasteiger partial charge is 0.306 e. The molecule has 8 nitrogen and oxygen atoms in total. The normalized spacial score (nSPS) is 13.9. The predicted molar refractivity (Wildman–Crippen MR) is 286 cm³/mol. The average Bonchev–Trinajstić information content (AvgIpc) is 3.29. The van der Waals surface area contributed by atoms with E-state index in [1.165, 1.54) is 154 Å². The van der Waals surface area contributed by atoms with Crippen molar-refractivity contribution in [1.29, 1.82) is 0 Å². The van der Waals surface area contributed by atoms with Crippen LogP contribution in [-0.4, -0.2) is 70.7 Å². The third-order valence-corrected chi connectivity index (χ3v) is 13.0. The van der Waals surface area contributed by atoms with Gasteiger partial charge >= 0.3 is 5.97 Å². The quantitative estimate of drug-likeness (QED) is 0.0197. The molecule has 0 amide bonds. The van der Waals surface area contributed by atoms with Gasteiger partial charge in [0.1, 0.15) is 19.3 Å². The molecule has 0 rings (SSSR count). The lowest BCUT2D eigenvalue weighted by Crippen LogP contribution is -2.37. The van der Waals surface area contributed by atoms with Crippen LogP contribution in [0.15, 0.2) is 60.8 Å². The molecule has 0 bridgehead atoms. The Hall–Kier alpha value is -1.80. The monoisotopic (exact) mass is 962 g/mol. The molecule has 0 heterocycles.